The van der Waals surface area contributed by atoms with Gasteiger partial charge in [0.15, 0.2) is 6.10 Å². The lowest BCUT2D eigenvalue weighted by molar-refractivity contribution is -0.122. The largest absolute Gasteiger partial charge is 0.481 e. The molecule has 1 fully saturated rings. The van der Waals surface area contributed by atoms with Gasteiger partial charge in [-0.3, -0.25) is 4.79 Å². The van der Waals surface area contributed by atoms with Crippen molar-refractivity contribution in [3.8, 4) is 5.75 Å². The Morgan fingerprint density at radius 2 is 1.72 bits per heavy atom. The van der Waals surface area contributed by atoms with E-state index in [1.54, 1.807) is 19.1 Å². The number of hydrogen-bond acceptors (Lipinski definition) is 5. The maximum atomic E-state index is 12.6. The highest BCUT2D eigenvalue weighted by Gasteiger charge is 2.26. The molecule has 1 amide bonds. The highest BCUT2D eigenvalue weighted by molar-refractivity contribution is 7.89. The molecule has 0 unspecified atom stereocenters. The lowest BCUT2D eigenvalue weighted by Gasteiger charge is -2.26. The van der Waals surface area contributed by atoms with Crippen molar-refractivity contribution in [3.05, 3.63) is 53.6 Å². The normalized spacial score (nSPS) is 16.2. The summed E-state index contributed by atoms with van der Waals surface area (Å²) in [7, 11) is -3.56. The van der Waals surface area contributed by atoms with E-state index in [9.17, 15) is 13.2 Å². The van der Waals surface area contributed by atoms with Crippen molar-refractivity contribution >= 4 is 21.6 Å². The van der Waals surface area contributed by atoms with Crippen LogP contribution >= 0.6 is 0 Å². The number of nitrogens with one attached hydrogen (secondary N) is 1. The van der Waals surface area contributed by atoms with Gasteiger partial charge in [0.05, 0.1) is 18.1 Å². The Morgan fingerprint density at radius 3 is 2.34 bits per heavy atom. The van der Waals surface area contributed by atoms with Gasteiger partial charge in [0, 0.05) is 18.8 Å². The van der Waals surface area contributed by atoms with E-state index in [0.717, 1.165) is 11.1 Å². The van der Waals surface area contributed by atoms with Crippen LogP contribution in [0.2, 0.25) is 0 Å². The Kier molecular flexibility index (Phi) is 6.56. The summed E-state index contributed by atoms with van der Waals surface area (Å²) in [5.74, 6) is 0.315. The number of benzene rings is 2. The summed E-state index contributed by atoms with van der Waals surface area (Å²) in [4.78, 5) is 12.6. The van der Waals surface area contributed by atoms with E-state index in [2.05, 4.69) is 5.32 Å². The quantitative estimate of drug-likeness (QED) is 0.780. The van der Waals surface area contributed by atoms with Gasteiger partial charge in [0.2, 0.25) is 10.0 Å². The molecule has 1 atom stereocenters. The standard InChI is InChI=1S/C21H26N2O5S/c1-15-4-7-19(14-16(15)2)28-17(3)21(24)22-18-5-8-20(9-6-18)29(25,26)23-10-12-27-13-11-23/h4-9,14,17H,10-13H2,1-3H3,(H,22,24)/t17-/m1/s1. The molecule has 0 aliphatic carbocycles. The molecule has 2 aromatic carbocycles. The number of morpholine rings is 1. The molecule has 0 radical (unpaired) electrons. The first kappa shape index (κ1) is 21.3. The predicted octanol–water partition coefficient (Wildman–Crippen LogP) is 2.73. The third-order valence-corrected chi connectivity index (χ3v) is 6.80. The first-order valence-corrected chi connectivity index (χ1v) is 10.9. The van der Waals surface area contributed by atoms with Gasteiger partial charge in [0.25, 0.3) is 5.91 Å². The zero-order valence-electron chi connectivity index (χ0n) is 16.8. The Morgan fingerprint density at radius 1 is 1.07 bits per heavy atom. The van der Waals surface area contributed by atoms with E-state index in [1.807, 2.05) is 32.0 Å². The number of ether oxygens (including phenoxy) is 2. The molecule has 1 saturated heterocycles. The number of nitrogens with zero attached hydrogens (tertiary/aromatic N) is 1. The summed E-state index contributed by atoms with van der Waals surface area (Å²) in [6.45, 7) is 7.14. The van der Waals surface area contributed by atoms with Crippen molar-refractivity contribution in [2.75, 3.05) is 31.6 Å². The van der Waals surface area contributed by atoms with Gasteiger partial charge >= 0.3 is 0 Å². The van der Waals surface area contributed by atoms with Gasteiger partial charge in [-0.1, -0.05) is 6.07 Å². The van der Waals surface area contributed by atoms with E-state index in [0.29, 0.717) is 37.7 Å². The minimum absolute atomic E-state index is 0.192. The lowest BCUT2D eigenvalue weighted by Crippen LogP contribution is -2.40. The maximum absolute atomic E-state index is 12.6. The molecule has 3 rings (SSSR count). The average Bonchev–Trinajstić information content (AvgIpc) is 2.72. The first-order valence-electron chi connectivity index (χ1n) is 9.50. The number of carbonyl (C=O) groups is 1. The van der Waals surface area contributed by atoms with Crippen LogP contribution in [0.1, 0.15) is 18.1 Å². The number of anilines is 1. The average molecular weight is 419 g/mol. The fourth-order valence-corrected chi connectivity index (χ4v) is 4.34. The first-order chi connectivity index (χ1) is 13.8. The number of sulfonamides is 1. The van der Waals surface area contributed by atoms with Crippen LogP contribution in [0.15, 0.2) is 47.4 Å². The third kappa shape index (κ3) is 5.14. The molecule has 0 saturated carbocycles. The van der Waals surface area contributed by atoms with E-state index < -0.39 is 16.1 Å². The molecular formula is C21H26N2O5S. The Balaban J connectivity index is 1.62. The molecule has 1 aliphatic rings. The highest BCUT2D eigenvalue weighted by Crippen LogP contribution is 2.21. The molecule has 1 aliphatic heterocycles. The summed E-state index contributed by atoms with van der Waals surface area (Å²) < 4.78 is 37.6. The molecular weight excluding hydrogens is 392 g/mol. The number of hydrogen-bond donors (Lipinski definition) is 1. The molecule has 0 bridgehead atoms. The molecule has 29 heavy (non-hydrogen) atoms. The van der Waals surface area contributed by atoms with Crippen molar-refractivity contribution in [1.82, 2.24) is 4.31 Å². The Labute approximate surface area is 171 Å². The van der Waals surface area contributed by atoms with Crippen LogP contribution in [0, 0.1) is 13.8 Å². The summed E-state index contributed by atoms with van der Waals surface area (Å²) in [6, 6.07) is 11.8. The summed E-state index contributed by atoms with van der Waals surface area (Å²) in [5.41, 5.74) is 2.75. The predicted molar refractivity (Wildman–Crippen MR) is 111 cm³/mol. The van der Waals surface area contributed by atoms with E-state index in [-0.39, 0.29) is 10.8 Å². The van der Waals surface area contributed by atoms with Crippen molar-refractivity contribution in [2.24, 2.45) is 0 Å². The van der Waals surface area contributed by atoms with Crippen LogP contribution in [0.4, 0.5) is 5.69 Å². The van der Waals surface area contributed by atoms with Crippen molar-refractivity contribution in [1.29, 1.82) is 0 Å². The Bertz CT molecular complexity index is 967. The fraction of sp³-hybridized carbons (Fsp3) is 0.381. The maximum Gasteiger partial charge on any atom is 0.265 e. The van der Waals surface area contributed by atoms with Crippen molar-refractivity contribution in [3.63, 3.8) is 0 Å². The smallest absolute Gasteiger partial charge is 0.265 e. The van der Waals surface area contributed by atoms with Gasteiger partial charge in [-0.15, -0.1) is 0 Å². The van der Waals surface area contributed by atoms with Crippen LogP contribution in [0.3, 0.4) is 0 Å². The molecule has 0 spiro atoms. The zero-order valence-corrected chi connectivity index (χ0v) is 17.7. The fourth-order valence-electron chi connectivity index (χ4n) is 2.94. The number of rotatable bonds is 6. The van der Waals surface area contributed by atoms with Crippen molar-refractivity contribution in [2.45, 2.75) is 31.8 Å². The minimum atomic E-state index is -3.56. The second-order valence-corrected chi connectivity index (χ2v) is 8.97. The second-order valence-electron chi connectivity index (χ2n) is 7.04. The topological polar surface area (TPSA) is 84.9 Å². The van der Waals surface area contributed by atoms with Crippen LogP contribution in [0.25, 0.3) is 0 Å². The number of carbonyl (C=O) groups excluding carboxylic acids is 1. The molecule has 2 aromatic rings. The third-order valence-electron chi connectivity index (χ3n) is 4.89. The summed E-state index contributed by atoms with van der Waals surface area (Å²) >= 11 is 0. The number of aryl methyl sites for hydroxylation is 2. The molecule has 1 heterocycles. The second kappa shape index (κ2) is 8.94. The lowest BCUT2D eigenvalue weighted by atomic mass is 10.1. The SMILES string of the molecule is Cc1ccc(O[C@H](C)C(=O)Nc2ccc(S(=O)(=O)N3CCOCC3)cc2)cc1C. The van der Waals surface area contributed by atoms with E-state index in [1.165, 1.54) is 16.4 Å². The molecule has 1 N–H and O–H groups in total. The summed E-state index contributed by atoms with van der Waals surface area (Å²) in [6.07, 6.45) is -0.700. The van der Waals surface area contributed by atoms with Gasteiger partial charge in [-0.2, -0.15) is 4.31 Å². The monoisotopic (exact) mass is 418 g/mol. The van der Waals surface area contributed by atoms with Crippen LogP contribution in [0.5, 0.6) is 5.75 Å². The summed E-state index contributed by atoms with van der Waals surface area (Å²) in [5, 5.41) is 2.75. The van der Waals surface area contributed by atoms with Crippen LogP contribution in [-0.4, -0.2) is 51.0 Å². The van der Waals surface area contributed by atoms with Gasteiger partial charge < -0.3 is 14.8 Å². The molecule has 8 heteroatoms. The molecule has 156 valence electrons. The van der Waals surface area contributed by atoms with Gasteiger partial charge in [-0.25, -0.2) is 8.42 Å². The minimum Gasteiger partial charge on any atom is -0.481 e. The van der Waals surface area contributed by atoms with E-state index in [4.69, 9.17) is 9.47 Å². The van der Waals surface area contributed by atoms with Gasteiger partial charge in [0.1, 0.15) is 5.75 Å². The molecule has 7 nitrogen and oxygen atoms in total. The van der Waals surface area contributed by atoms with Crippen molar-refractivity contribution < 1.29 is 22.7 Å². The van der Waals surface area contributed by atoms with Gasteiger partial charge in [-0.05, 0) is 68.3 Å². The number of amides is 1. The van der Waals surface area contributed by atoms with Crippen LogP contribution < -0.4 is 10.1 Å². The molecule has 0 aromatic heterocycles. The van der Waals surface area contributed by atoms with E-state index >= 15 is 0 Å². The highest BCUT2D eigenvalue weighted by atomic mass is 32.2. The Hall–Kier alpha value is -2.42. The zero-order chi connectivity index (χ0) is 21.0. The van der Waals surface area contributed by atoms with Crippen LogP contribution in [-0.2, 0) is 19.6 Å².